The van der Waals surface area contributed by atoms with Gasteiger partial charge < -0.3 is 10.1 Å². The minimum Gasteiger partial charge on any atom is -0.438 e. The van der Waals surface area contributed by atoms with Crippen LogP contribution in [-0.4, -0.2) is 11.0 Å². The van der Waals surface area contributed by atoms with Crippen LogP contribution in [-0.2, 0) is 6.54 Å². The lowest BCUT2D eigenvalue weighted by molar-refractivity contribution is 0.459. The Bertz CT molecular complexity index is 571. The summed E-state index contributed by atoms with van der Waals surface area (Å²) in [5.41, 5.74) is 1.14. The minimum absolute atomic E-state index is 0.463. The van der Waals surface area contributed by atoms with Crippen molar-refractivity contribution in [1.82, 2.24) is 10.3 Å². The number of pyridine rings is 1. The molecule has 0 spiro atoms. The normalized spacial score (nSPS) is 10.8. The lowest BCUT2D eigenvalue weighted by Gasteiger charge is -2.09. The molecule has 0 saturated carbocycles. The Morgan fingerprint density at radius 2 is 2.00 bits per heavy atom. The maximum absolute atomic E-state index is 5.75. The molecule has 0 fully saturated rings. The number of hydrogen-bond acceptors (Lipinski definition) is 3. The van der Waals surface area contributed by atoms with Gasteiger partial charge in [0.25, 0.3) is 0 Å². The van der Waals surface area contributed by atoms with Crippen LogP contribution in [0.4, 0.5) is 0 Å². The molecule has 0 aliphatic rings. The molecular formula is C15H16Br2N2O. The molecule has 106 valence electrons. The van der Waals surface area contributed by atoms with Gasteiger partial charge in [-0.15, -0.1) is 0 Å². The molecule has 0 unspecified atom stereocenters. The van der Waals surface area contributed by atoms with Crippen molar-refractivity contribution in [2.24, 2.45) is 0 Å². The van der Waals surface area contributed by atoms with Gasteiger partial charge in [0.05, 0.1) is 4.47 Å². The summed E-state index contributed by atoms with van der Waals surface area (Å²) < 4.78 is 7.63. The summed E-state index contributed by atoms with van der Waals surface area (Å²) in [6.07, 6.45) is 1.83. The van der Waals surface area contributed by atoms with E-state index in [0.717, 1.165) is 26.8 Å². The summed E-state index contributed by atoms with van der Waals surface area (Å²) in [6.45, 7) is 5.05. The molecule has 0 amide bonds. The van der Waals surface area contributed by atoms with Crippen LogP contribution in [0.3, 0.4) is 0 Å². The van der Waals surface area contributed by atoms with E-state index in [1.165, 1.54) is 0 Å². The van der Waals surface area contributed by atoms with Crippen LogP contribution < -0.4 is 10.1 Å². The first-order chi connectivity index (χ1) is 9.54. The molecule has 0 atom stereocenters. The molecule has 0 aliphatic carbocycles. The fourth-order valence-electron chi connectivity index (χ4n) is 1.57. The predicted molar refractivity (Wildman–Crippen MR) is 88.1 cm³/mol. The lowest BCUT2D eigenvalue weighted by Crippen LogP contribution is -2.21. The maximum atomic E-state index is 5.75. The van der Waals surface area contributed by atoms with Crippen molar-refractivity contribution in [2.45, 2.75) is 26.4 Å². The summed E-state index contributed by atoms with van der Waals surface area (Å²) in [7, 11) is 0. The van der Waals surface area contributed by atoms with Crippen molar-refractivity contribution in [3.63, 3.8) is 0 Å². The highest BCUT2D eigenvalue weighted by molar-refractivity contribution is 9.11. The quantitative estimate of drug-likeness (QED) is 0.776. The Balaban J connectivity index is 2.03. The van der Waals surface area contributed by atoms with Crippen LogP contribution in [0, 0.1) is 0 Å². The van der Waals surface area contributed by atoms with E-state index >= 15 is 0 Å². The second-order valence-electron chi connectivity index (χ2n) is 4.72. The largest absolute Gasteiger partial charge is 0.438 e. The van der Waals surface area contributed by atoms with Gasteiger partial charge in [-0.2, -0.15) is 0 Å². The molecular weight excluding hydrogens is 384 g/mol. The maximum Gasteiger partial charge on any atom is 0.219 e. The SMILES string of the molecule is CC(C)NCc1ccc(Oc2ccc(Br)cc2Br)nc1. The van der Waals surface area contributed by atoms with Gasteiger partial charge in [0.1, 0.15) is 5.75 Å². The number of aromatic nitrogens is 1. The number of rotatable bonds is 5. The Labute approximate surface area is 136 Å². The Morgan fingerprint density at radius 1 is 1.20 bits per heavy atom. The van der Waals surface area contributed by atoms with Gasteiger partial charge in [-0.1, -0.05) is 35.8 Å². The highest BCUT2D eigenvalue weighted by Crippen LogP contribution is 2.31. The molecule has 2 rings (SSSR count). The van der Waals surface area contributed by atoms with Crippen molar-refractivity contribution in [3.8, 4) is 11.6 Å². The monoisotopic (exact) mass is 398 g/mol. The molecule has 0 aliphatic heterocycles. The Morgan fingerprint density at radius 3 is 2.60 bits per heavy atom. The number of nitrogens with one attached hydrogen (secondary N) is 1. The number of benzene rings is 1. The second-order valence-corrected chi connectivity index (χ2v) is 6.49. The van der Waals surface area contributed by atoms with Crippen molar-refractivity contribution in [1.29, 1.82) is 0 Å². The highest BCUT2D eigenvalue weighted by Gasteiger charge is 2.04. The molecule has 2 aromatic rings. The lowest BCUT2D eigenvalue weighted by atomic mass is 10.2. The third-order valence-electron chi connectivity index (χ3n) is 2.62. The van der Waals surface area contributed by atoms with Crippen LogP contribution in [0.25, 0.3) is 0 Å². The fourth-order valence-corrected chi connectivity index (χ4v) is 2.70. The molecule has 20 heavy (non-hydrogen) atoms. The number of nitrogens with zero attached hydrogens (tertiary/aromatic N) is 1. The third kappa shape index (κ3) is 4.58. The summed E-state index contributed by atoms with van der Waals surface area (Å²) in [4.78, 5) is 4.32. The standard InChI is InChI=1S/C15H16Br2N2O/c1-10(2)18-8-11-3-6-15(19-9-11)20-14-5-4-12(16)7-13(14)17/h3-7,9-10,18H,8H2,1-2H3. The van der Waals surface area contributed by atoms with Crippen LogP contribution in [0.15, 0.2) is 45.5 Å². The van der Waals surface area contributed by atoms with E-state index in [1.807, 2.05) is 36.5 Å². The molecule has 0 bridgehead atoms. The van der Waals surface area contributed by atoms with Crippen molar-refractivity contribution >= 4 is 31.9 Å². The van der Waals surface area contributed by atoms with Gasteiger partial charge in [-0.05, 0) is 39.7 Å². The van der Waals surface area contributed by atoms with Crippen molar-refractivity contribution < 1.29 is 4.74 Å². The Hall–Kier alpha value is -0.910. The van der Waals surface area contributed by atoms with Crippen LogP contribution >= 0.6 is 31.9 Å². The van der Waals surface area contributed by atoms with E-state index in [1.54, 1.807) is 0 Å². The highest BCUT2D eigenvalue weighted by atomic mass is 79.9. The number of ether oxygens (including phenoxy) is 1. The van der Waals surface area contributed by atoms with Crippen molar-refractivity contribution in [3.05, 3.63) is 51.0 Å². The zero-order valence-electron chi connectivity index (χ0n) is 11.4. The van der Waals surface area contributed by atoms with Gasteiger partial charge in [0.2, 0.25) is 5.88 Å². The summed E-state index contributed by atoms with van der Waals surface area (Å²) in [5.74, 6) is 1.33. The smallest absolute Gasteiger partial charge is 0.219 e. The first-order valence-electron chi connectivity index (χ1n) is 6.36. The van der Waals surface area contributed by atoms with E-state index in [-0.39, 0.29) is 0 Å². The van der Waals surface area contributed by atoms with E-state index < -0.39 is 0 Å². The van der Waals surface area contributed by atoms with Crippen LogP contribution in [0.5, 0.6) is 11.6 Å². The van der Waals surface area contributed by atoms with Gasteiger partial charge in [0.15, 0.2) is 0 Å². The molecule has 5 heteroatoms. The van der Waals surface area contributed by atoms with Gasteiger partial charge in [-0.25, -0.2) is 4.98 Å². The first-order valence-corrected chi connectivity index (χ1v) is 7.94. The number of halogens is 2. The molecule has 1 aromatic heterocycles. The topological polar surface area (TPSA) is 34.1 Å². The molecule has 0 radical (unpaired) electrons. The first kappa shape index (κ1) is 15.5. The van der Waals surface area contributed by atoms with Gasteiger partial charge in [-0.3, -0.25) is 0 Å². The summed E-state index contributed by atoms with van der Waals surface area (Å²) in [5, 5.41) is 3.35. The zero-order valence-corrected chi connectivity index (χ0v) is 14.5. The average Bonchev–Trinajstić information content (AvgIpc) is 2.41. The number of hydrogen-bond donors (Lipinski definition) is 1. The predicted octanol–water partition coefficient (Wildman–Crippen LogP) is 4.90. The second kappa shape index (κ2) is 7.20. The summed E-state index contributed by atoms with van der Waals surface area (Å²) >= 11 is 6.88. The molecule has 1 N–H and O–H groups in total. The average molecular weight is 400 g/mol. The molecule has 1 heterocycles. The molecule has 0 saturated heterocycles. The van der Waals surface area contributed by atoms with Gasteiger partial charge >= 0.3 is 0 Å². The van der Waals surface area contributed by atoms with E-state index in [2.05, 4.69) is 56.0 Å². The van der Waals surface area contributed by atoms with E-state index in [4.69, 9.17) is 4.74 Å². The zero-order chi connectivity index (χ0) is 14.5. The van der Waals surface area contributed by atoms with Crippen LogP contribution in [0.1, 0.15) is 19.4 Å². The molecule has 1 aromatic carbocycles. The Kier molecular flexibility index (Phi) is 5.57. The third-order valence-corrected chi connectivity index (χ3v) is 3.73. The molecule has 3 nitrogen and oxygen atoms in total. The van der Waals surface area contributed by atoms with E-state index in [0.29, 0.717) is 11.9 Å². The van der Waals surface area contributed by atoms with Crippen molar-refractivity contribution in [2.75, 3.05) is 0 Å². The van der Waals surface area contributed by atoms with Crippen LogP contribution in [0.2, 0.25) is 0 Å². The van der Waals surface area contributed by atoms with E-state index in [9.17, 15) is 0 Å². The van der Waals surface area contributed by atoms with Gasteiger partial charge in [0, 0.05) is 29.3 Å². The fraction of sp³-hybridized carbons (Fsp3) is 0.267. The summed E-state index contributed by atoms with van der Waals surface area (Å²) in [6, 6.07) is 10.1. The minimum atomic E-state index is 0.463.